The summed E-state index contributed by atoms with van der Waals surface area (Å²) in [7, 11) is 0. The standard InChI is InChI=1S/C13H13BrN2O2/c1-3-8-12(17)15-11(16-13(8)18)9-5-4-7(2)6-10(9)14/h4-6H,3H2,1-2H3,(H2,15,16,17,18). The number of rotatable bonds is 2. The maximum atomic E-state index is 11.8. The summed E-state index contributed by atoms with van der Waals surface area (Å²) in [5, 5.41) is 9.73. The van der Waals surface area contributed by atoms with Gasteiger partial charge in [0.1, 0.15) is 5.82 Å². The Balaban J connectivity index is 2.62. The molecule has 2 aromatic rings. The topological polar surface area (TPSA) is 66.0 Å². The molecule has 0 spiro atoms. The highest BCUT2D eigenvalue weighted by molar-refractivity contribution is 9.10. The van der Waals surface area contributed by atoms with Gasteiger partial charge in [-0.25, -0.2) is 0 Å². The van der Waals surface area contributed by atoms with Crippen molar-refractivity contribution >= 4 is 15.9 Å². The number of H-pyrrole nitrogens is 1. The van der Waals surface area contributed by atoms with Crippen molar-refractivity contribution in [3.63, 3.8) is 0 Å². The van der Waals surface area contributed by atoms with Crippen LogP contribution >= 0.6 is 15.9 Å². The van der Waals surface area contributed by atoms with Gasteiger partial charge in [-0.1, -0.05) is 28.9 Å². The SMILES string of the molecule is CCc1c(O)nc(-c2ccc(C)cc2Br)[nH]c1=O. The Kier molecular flexibility index (Phi) is 3.52. The molecule has 0 unspecified atom stereocenters. The first kappa shape index (κ1) is 12.8. The molecule has 5 heteroatoms. The van der Waals surface area contributed by atoms with Gasteiger partial charge in [-0.3, -0.25) is 4.79 Å². The molecular formula is C13H13BrN2O2. The van der Waals surface area contributed by atoms with Gasteiger partial charge in [0.25, 0.3) is 5.56 Å². The van der Waals surface area contributed by atoms with E-state index in [1.54, 1.807) is 6.92 Å². The molecule has 18 heavy (non-hydrogen) atoms. The van der Waals surface area contributed by atoms with Crippen molar-refractivity contribution in [1.82, 2.24) is 9.97 Å². The molecule has 0 bridgehead atoms. The van der Waals surface area contributed by atoms with Crippen molar-refractivity contribution in [3.05, 3.63) is 44.2 Å². The fourth-order valence-electron chi connectivity index (χ4n) is 1.74. The number of hydrogen-bond acceptors (Lipinski definition) is 3. The van der Waals surface area contributed by atoms with Gasteiger partial charge in [-0.2, -0.15) is 4.98 Å². The van der Waals surface area contributed by atoms with Gasteiger partial charge >= 0.3 is 0 Å². The molecule has 1 heterocycles. The number of aromatic amines is 1. The van der Waals surface area contributed by atoms with Crippen LogP contribution < -0.4 is 5.56 Å². The Morgan fingerprint density at radius 1 is 1.44 bits per heavy atom. The maximum Gasteiger partial charge on any atom is 0.258 e. The molecule has 1 aromatic carbocycles. The lowest BCUT2D eigenvalue weighted by atomic mass is 10.1. The van der Waals surface area contributed by atoms with Crippen LogP contribution in [0.4, 0.5) is 0 Å². The molecule has 0 fully saturated rings. The third-order valence-electron chi connectivity index (χ3n) is 2.73. The molecule has 4 nitrogen and oxygen atoms in total. The van der Waals surface area contributed by atoms with Crippen LogP contribution in [0.5, 0.6) is 5.88 Å². The molecule has 0 atom stereocenters. The highest BCUT2D eigenvalue weighted by Crippen LogP contribution is 2.27. The van der Waals surface area contributed by atoms with Crippen LogP contribution in [-0.4, -0.2) is 15.1 Å². The van der Waals surface area contributed by atoms with E-state index in [2.05, 4.69) is 25.9 Å². The Hall–Kier alpha value is -1.62. The largest absolute Gasteiger partial charge is 0.493 e. The smallest absolute Gasteiger partial charge is 0.258 e. The van der Waals surface area contributed by atoms with Crippen molar-refractivity contribution in [1.29, 1.82) is 0 Å². The first-order valence-electron chi connectivity index (χ1n) is 5.61. The van der Waals surface area contributed by atoms with Crippen molar-refractivity contribution in [2.75, 3.05) is 0 Å². The van der Waals surface area contributed by atoms with Gasteiger partial charge in [-0.15, -0.1) is 0 Å². The molecule has 0 aliphatic carbocycles. The summed E-state index contributed by atoms with van der Waals surface area (Å²) in [6.07, 6.45) is 0.448. The van der Waals surface area contributed by atoms with E-state index in [0.717, 1.165) is 15.6 Å². The molecule has 94 valence electrons. The Bertz CT molecular complexity index is 650. The second-order valence-corrected chi connectivity index (χ2v) is 4.91. The zero-order valence-electron chi connectivity index (χ0n) is 10.1. The number of benzene rings is 1. The van der Waals surface area contributed by atoms with Crippen LogP contribution in [0.15, 0.2) is 27.5 Å². The lowest BCUT2D eigenvalue weighted by Crippen LogP contribution is -2.14. The summed E-state index contributed by atoms with van der Waals surface area (Å²) < 4.78 is 0.828. The highest BCUT2D eigenvalue weighted by atomic mass is 79.9. The van der Waals surface area contributed by atoms with Crippen molar-refractivity contribution in [2.24, 2.45) is 0 Å². The molecule has 0 radical (unpaired) electrons. The van der Waals surface area contributed by atoms with Gasteiger partial charge in [-0.05, 0) is 31.0 Å². The lowest BCUT2D eigenvalue weighted by Gasteiger charge is -2.07. The summed E-state index contributed by atoms with van der Waals surface area (Å²) in [6.45, 7) is 3.77. The number of aromatic hydroxyl groups is 1. The minimum atomic E-state index is -0.299. The zero-order valence-corrected chi connectivity index (χ0v) is 11.7. The number of nitrogens with one attached hydrogen (secondary N) is 1. The van der Waals surface area contributed by atoms with E-state index in [0.29, 0.717) is 17.8 Å². The third-order valence-corrected chi connectivity index (χ3v) is 3.38. The second-order valence-electron chi connectivity index (χ2n) is 4.05. The van der Waals surface area contributed by atoms with Gasteiger partial charge in [0.05, 0.1) is 5.56 Å². The monoisotopic (exact) mass is 308 g/mol. The predicted octanol–water partition coefficient (Wildman–Crippen LogP) is 2.78. The van der Waals surface area contributed by atoms with E-state index in [1.165, 1.54) is 0 Å². The van der Waals surface area contributed by atoms with Crippen LogP contribution in [0.1, 0.15) is 18.1 Å². The van der Waals surface area contributed by atoms with Crippen molar-refractivity contribution in [3.8, 4) is 17.3 Å². The average molecular weight is 309 g/mol. The normalized spacial score (nSPS) is 10.6. The number of aryl methyl sites for hydroxylation is 1. The molecule has 1 aromatic heterocycles. The van der Waals surface area contributed by atoms with Crippen LogP contribution in [-0.2, 0) is 6.42 Å². The first-order valence-corrected chi connectivity index (χ1v) is 6.41. The van der Waals surface area contributed by atoms with E-state index in [-0.39, 0.29) is 11.4 Å². The fraction of sp³-hybridized carbons (Fsp3) is 0.231. The van der Waals surface area contributed by atoms with Gasteiger partial charge < -0.3 is 10.1 Å². The van der Waals surface area contributed by atoms with Gasteiger partial charge in [0.2, 0.25) is 5.88 Å². The molecular weight excluding hydrogens is 296 g/mol. The van der Waals surface area contributed by atoms with Crippen LogP contribution in [0.25, 0.3) is 11.4 Å². The number of aromatic nitrogens is 2. The second kappa shape index (κ2) is 4.94. The summed E-state index contributed by atoms with van der Waals surface area (Å²) >= 11 is 3.42. The maximum absolute atomic E-state index is 11.8. The summed E-state index contributed by atoms with van der Waals surface area (Å²) in [6, 6.07) is 5.70. The van der Waals surface area contributed by atoms with Gasteiger partial charge in [0, 0.05) is 10.0 Å². The Morgan fingerprint density at radius 3 is 2.72 bits per heavy atom. The van der Waals surface area contributed by atoms with E-state index in [4.69, 9.17) is 0 Å². The van der Waals surface area contributed by atoms with Crippen LogP contribution in [0, 0.1) is 6.92 Å². The van der Waals surface area contributed by atoms with Crippen LogP contribution in [0.2, 0.25) is 0 Å². The van der Waals surface area contributed by atoms with Gasteiger partial charge in [0.15, 0.2) is 0 Å². The van der Waals surface area contributed by atoms with E-state index in [1.807, 2.05) is 25.1 Å². The predicted molar refractivity (Wildman–Crippen MR) is 73.8 cm³/mol. The molecule has 0 saturated heterocycles. The fourth-order valence-corrected chi connectivity index (χ4v) is 2.43. The van der Waals surface area contributed by atoms with Crippen LogP contribution in [0.3, 0.4) is 0 Å². The Morgan fingerprint density at radius 2 is 2.17 bits per heavy atom. The van der Waals surface area contributed by atoms with Crippen molar-refractivity contribution in [2.45, 2.75) is 20.3 Å². The summed E-state index contributed by atoms with van der Waals surface area (Å²) in [4.78, 5) is 18.5. The molecule has 2 N–H and O–H groups in total. The zero-order chi connectivity index (χ0) is 13.3. The first-order chi connectivity index (χ1) is 8.52. The minimum absolute atomic E-state index is 0.205. The number of hydrogen-bond donors (Lipinski definition) is 2. The quantitative estimate of drug-likeness (QED) is 0.896. The molecule has 0 saturated carbocycles. The lowest BCUT2D eigenvalue weighted by molar-refractivity contribution is 0.444. The highest BCUT2D eigenvalue weighted by Gasteiger charge is 2.12. The summed E-state index contributed by atoms with van der Waals surface area (Å²) in [5.74, 6) is 0.158. The van der Waals surface area contributed by atoms with E-state index in [9.17, 15) is 9.90 Å². The molecule has 0 aliphatic rings. The molecule has 0 aliphatic heterocycles. The Labute approximate surface area is 113 Å². The van der Waals surface area contributed by atoms with E-state index < -0.39 is 0 Å². The summed E-state index contributed by atoms with van der Waals surface area (Å²) in [5.41, 5.74) is 1.85. The van der Waals surface area contributed by atoms with E-state index >= 15 is 0 Å². The van der Waals surface area contributed by atoms with Crippen molar-refractivity contribution < 1.29 is 5.11 Å². The molecule has 2 rings (SSSR count). The minimum Gasteiger partial charge on any atom is -0.493 e. The molecule has 0 amide bonds. The average Bonchev–Trinajstić information content (AvgIpc) is 2.28. The third kappa shape index (κ3) is 2.31. The number of halogens is 1. The number of nitrogens with zero attached hydrogens (tertiary/aromatic N) is 1.